The third-order valence-electron chi connectivity index (χ3n) is 4.82. The van der Waals surface area contributed by atoms with Gasteiger partial charge in [0.1, 0.15) is 0 Å². The Bertz CT molecular complexity index is 349. The summed E-state index contributed by atoms with van der Waals surface area (Å²) >= 11 is 0. The van der Waals surface area contributed by atoms with Crippen LogP contribution in [0.25, 0.3) is 0 Å². The van der Waals surface area contributed by atoms with Gasteiger partial charge in [0.05, 0.1) is 11.8 Å². The average Bonchev–Trinajstić information content (AvgIpc) is 2.99. The van der Waals surface area contributed by atoms with Gasteiger partial charge in [-0.1, -0.05) is 19.8 Å². The second-order valence-electron chi connectivity index (χ2n) is 6.19. The summed E-state index contributed by atoms with van der Waals surface area (Å²) in [4.78, 5) is 26.0. The van der Waals surface area contributed by atoms with E-state index in [2.05, 4.69) is 6.92 Å². The summed E-state index contributed by atoms with van der Waals surface area (Å²) in [6, 6.07) is 0.350. The van der Waals surface area contributed by atoms with Crippen molar-refractivity contribution in [2.24, 2.45) is 17.8 Å². The number of carbonyl (C=O) groups is 2. The lowest BCUT2D eigenvalue weighted by molar-refractivity contribution is -0.150. The lowest BCUT2D eigenvalue weighted by atomic mass is 9.94. The van der Waals surface area contributed by atoms with Crippen molar-refractivity contribution in [3.8, 4) is 0 Å². The van der Waals surface area contributed by atoms with Crippen molar-refractivity contribution in [3.05, 3.63) is 0 Å². The van der Waals surface area contributed by atoms with Gasteiger partial charge >= 0.3 is 5.97 Å². The minimum Gasteiger partial charge on any atom is -0.481 e. The van der Waals surface area contributed by atoms with E-state index in [0.717, 1.165) is 19.3 Å². The van der Waals surface area contributed by atoms with Crippen LogP contribution in [-0.4, -0.2) is 34.5 Å². The van der Waals surface area contributed by atoms with Crippen LogP contribution in [0.4, 0.5) is 0 Å². The summed E-state index contributed by atoms with van der Waals surface area (Å²) in [5.41, 5.74) is 0. The molecule has 108 valence electrons. The number of carbonyl (C=O) groups excluding carboxylic acids is 1. The van der Waals surface area contributed by atoms with E-state index in [-0.39, 0.29) is 11.8 Å². The largest absolute Gasteiger partial charge is 0.481 e. The highest BCUT2D eigenvalue weighted by Gasteiger charge is 2.43. The summed E-state index contributed by atoms with van der Waals surface area (Å²) in [6.45, 7) is 4.76. The smallest absolute Gasteiger partial charge is 0.307 e. The highest BCUT2D eigenvalue weighted by Crippen LogP contribution is 2.38. The molecular weight excluding hydrogens is 242 g/mol. The maximum Gasteiger partial charge on any atom is 0.307 e. The van der Waals surface area contributed by atoms with Crippen molar-refractivity contribution >= 4 is 11.9 Å². The minimum atomic E-state index is -0.801. The molecule has 0 aromatic rings. The Morgan fingerprint density at radius 2 is 1.74 bits per heavy atom. The van der Waals surface area contributed by atoms with E-state index in [1.54, 1.807) is 0 Å². The monoisotopic (exact) mass is 267 g/mol. The van der Waals surface area contributed by atoms with Crippen LogP contribution in [0, 0.1) is 17.8 Å². The molecule has 0 aromatic heterocycles. The second kappa shape index (κ2) is 5.93. The number of rotatable bonds is 4. The third-order valence-corrected chi connectivity index (χ3v) is 4.82. The van der Waals surface area contributed by atoms with Crippen molar-refractivity contribution in [1.82, 2.24) is 4.90 Å². The van der Waals surface area contributed by atoms with Gasteiger partial charge in [0.15, 0.2) is 0 Å². The van der Waals surface area contributed by atoms with Gasteiger partial charge in [-0.15, -0.1) is 0 Å². The standard InChI is InChI=1S/C15H25NO3/c1-3-16(11-6-4-5-7-11)14(17)12-8-10(2)9-13(12)15(18)19/h10-13H,3-9H2,1-2H3,(H,18,19)/t10?,12-,13+/m0/s1. The third kappa shape index (κ3) is 2.93. The van der Waals surface area contributed by atoms with Crippen LogP contribution in [0.1, 0.15) is 52.4 Å². The Balaban J connectivity index is 2.09. The topological polar surface area (TPSA) is 57.6 Å². The van der Waals surface area contributed by atoms with Crippen LogP contribution >= 0.6 is 0 Å². The van der Waals surface area contributed by atoms with Gasteiger partial charge in [0, 0.05) is 12.6 Å². The highest BCUT2D eigenvalue weighted by molar-refractivity contribution is 5.85. The molecule has 0 aliphatic heterocycles. The normalized spacial score (nSPS) is 31.6. The molecular formula is C15H25NO3. The minimum absolute atomic E-state index is 0.0890. The molecule has 1 unspecified atom stereocenters. The van der Waals surface area contributed by atoms with Gasteiger partial charge in [-0.3, -0.25) is 9.59 Å². The first-order valence-corrected chi connectivity index (χ1v) is 7.57. The van der Waals surface area contributed by atoms with Crippen molar-refractivity contribution in [2.45, 2.75) is 58.4 Å². The fraction of sp³-hybridized carbons (Fsp3) is 0.867. The Kier molecular flexibility index (Phi) is 4.48. The lowest BCUT2D eigenvalue weighted by Gasteiger charge is -2.31. The Morgan fingerprint density at radius 3 is 2.26 bits per heavy atom. The van der Waals surface area contributed by atoms with Crippen molar-refractivity contribution in [3.63, 3.8) is 0 Å². The zero-order valence-corrected chi connectivity index (χ0v) is 12.0. The Morgan fingerprint density at radius 1 is 1.16 bits per heavy atom. The van der Waals surface area contributed by atoms with E-state index in [1.165, 1.54) is 12.8 Å². The van der Waals surface area contributed by atoms with E-state index in [0.29, 0.717) is 24.9 Å². The summed E-state index contributed by atoms with van der Waals surface area (Å²) in [5.74, 6) is -1.14. The number of hydrogen-bond acceptors (Lipinski definition) is 2. The number of carboxylic acid groups (broad SMARTS) is 1. The van der Waals surface area contributed by atoms with Gasteiger partial charge in [0.25, 0.3) is 0 Å². The van der Waals surface area contributed by atoms with E-state index in [4.69, 9.17) is 0 Å². The molecule has 4 nitrogen and oxygen atoms in total. The quantitative estimate of drug-likeness (QED) is 0.851. The van der Waals surface area contributed by atoms with E-state index in [9.17, 15) is 14.7 Å². The lowest BCUT2D eigenvalue weighted by Crippen LogP contribution is -2.44. The number of nitrogens with zero attached hydrogens (tertiary/aromatic N) is 1. The highest BCUT2D eigenvalue weighted by atomic mass is 16.4. The number of aliphatic carboxylic acids is 1. The van der Waals surface area contributed by atoms with Gasteiger partial charge in [-0.25, -0.2) is 0 Å². The van der Waals surface area contributed by atoms with Crippen molar-refractivity contribution < 1.29 is 14.7 Å². The molecule has 3 atom stereocenters. The average molecular weight is 267 g/mol. The van der Waals surface area contributed by atoms with Crippen molar-refractivity contribution in [2.75, 3.05) is 6.54 Å². The molecule has 1 N–H and O–H groups in total. The van der Waals surface area contributed by atoms with Crippen molar-refractivity contribution in [1.29, 1.82) is 0 Å². The van der Waals surface area contributed by atoms with E-state index >= 15 is 0 Å². The van der Waals surface area contributed by atoms with Crippen LogP contribution in [0.3, 0.4) is 0 Å². The summed E-state index contributed by atoms with van der Waals surface area (Å²) in [7, 11) is 0. The van der Waals surface area contributed by atoms with Gasteiger partial charge < -0.3 is 10.0 Å². The van der Waals surface area contributed by atoms with E-state index < -0.39 is 11.9 Å². The molecule has 19 heavy (non-hydrogen) atoms. The van der Waals surface area contributed by atoms with Gasteiger partial charge in [0.2, 0.25) is 5.91 Å². The van der Waals surface area contributed by atoms with Gasteiger partial charge in [-0.2, -0.15) is 0 Å². The number of carboxylic acids is 1. The van der Waals surface area contributed by atoms with E-state index in [1.807, 2.05) is 11.8 Å². The predicted octanol–water partition coefficient (Wildman–Crippen LogP) is 2.52. The first-order valence-electron chi connectivity index (χ1n) is 7.57. The molecule has 0 aromatic carbocycles. The molecule has 4 heteroatoms. The molecule has 0 radical (unpaired) electrons. The first kappa shape index (κ1) is 14.4. The molecule has 0 spiro atoms. The van der Waals surface area contributed by atoms with Crippen LogP contribution in [-0.2, 0) is 9.59 Å². The first-order chi connectivity index (χ1) is 9.04. The zero-order valence-electron chi connectivity index (χ0n) is 12.0. The van der Waals surface area contributed by atoms with Crippen LogP contribution < -0.4 is 0 Å². The molecule has 0 heterocycles. The van der Waals surface area contributed by atoms with Crippen LogP contribution in [0.2, 0.25) is 0 Å². The molecule has 0 bridgehead atoms. The predicted molar refractivity (Wildman–Crippen MR) is 72.7 cm³/mol. The zero-order chi connectivity index (χ0) is 14.0. The maximum absolute atomic E-state index is 12.7. The summed E-state index contributed by atoms with van der Waals surface area (Å²) < 4.78 is 0. The summed E-state index contributed by atoms with van der Waals surface area (Å²) in [6.07, 6.45) is 5.93. The molecule has 2 aliphatic carbocycles. The van der Waals surface area contributed by atoms with Crippen LogP contribution in [0.15, 0.2) is 0 Å². The molecule has 0 saturated heterocycles. The fourth-order valence-electron chi connectivity index (χ4n) is 3.86. The Labute approximate surface area is 115 Å². The fourth-order valence-corrected chi connectivity index (χ4v) is 3.86. The molecule has 2 rings (SSSR count). The van der Waals surface area contributed by atoms with Crippen LogP contribution in [0.5, 0.6) is 0 Å². The van der Waals surface area contributed by atoms with Gasteiger partial charge in [-0.05, 0) is 38.5 Å². The SMILES string of the molecule is CCN(C(=O)[C@H]1CC(C)C[C@H]1C(=O)O)C1CCCC1. The molecule has 2 saturated carbocycles. The molecule has 1 amide bonds. The molecule has 2 fully saturated rings. The molecule has 2 aliphatic rings. The summed E-state index contributed by atoms with van der Waals surface area (Å²) in [5, 5.41) is 9.30. The Hall–Kier alpha value is -1.06. The second-order valence-corrected chi connectivity index (χ2v) is 6.19. The number of hydrogen-bond donors (Lipinski definition) is 1. The maximum atomic E-state index is 12.7. The number of amides is 1.